The van der Waals surface area contributed by atoms with E-state index < -0.39 is 5.97 Å². The van der Waals surface area contributed by atoms with Crippen LogP contribution in [0.5, 0.6) is 17.2 Å². The second-order valence-electron chi connectivity index (χ2n) is 10.4. The molecule has 1 aromatic carbocycles. The van der Waals surface area contributed by atoms with Crippen molar-refractivity contribution in [1.29, 1.82) is 0 Å². The van der Waals surface area contributed by atoms with Gasteiger partial charge in [-0.25, -0.2) is 4.79 Å². The minimum absolute atomic E-state index is 0.0759. The van der Waals surface area contributed by atoms with E-state index in [1.165, 1.54) is 116 Å². The van der Waals surface area contributed by atoms with Crippen LogP contribution in [0.25, 0.3) is 0 Å². The molecule has 1 rings (SSSR count). The van der Waals surface area contributed by atoms with Gasteiger partial charge >= 0.3 is 5.97 Å². The zero-order chi connectivity index (χ0) is 27.0. The van der Waals surface area contributed by atoms with Gasteiger partial charge in [-0.3, -0.25) is 0 Å². The number of hydrogen-bond acceptors (Lipinski definition) is 5. The predicted molar refractivity (Wildman–Crippen MR) is 154 cm³/mol. The van der Waals surface area contributed by atoms with Gasteiger partial charge in [0.2, 0.25) is 5.75 Å². The van der Waals surface area contributed by atoms with Gasteiger partial charge in [-0.15, -0.1) is 0 Å². The first-order valence-electron chi connectivity index (χ1n) is 15.3. The average molecular weight is 521 g/mol. The van der Waals surface area contributed by atoms with Gasteiger partial charge in [-0.2, -0.15) is 0 Å². The third kappa shape index (κ3) is 16.5. The highest BCUT2D eigenvalue weighted by molar-refractivity contribution is 5.91. The molecule has 5 heteroatoms. The van der Waals surface area contributed by atoms with Gasteiger partial charge in [0.05, 0.1) is 25.9 Å². The number of carbonyl (C=O) groups excluding carboxylic acids is 1. The first-order valence-corrected chi connectivity index (χ1v) is 15.3. The Morgan fingerprint density at radius 3 is 1.46 bits per heavy atom. The van der Waals surface area contributed by atoms with Crippen molar-refractivity contribution in [3.05, 3.63) is 17.7 Å². The number of benzene rings is 1. The topological polar surface area (TPSA) is 65.0 Å². The molecule has 0 atom stereocenters. The zero-order valence-electron chi connectivity index (χ0n) is 24.3. The zero-order valence-corrected chi connectivity index (χ0v) is 24.3. The van der Waals surface area contributed by atoms with Crippen molar-refractivity contribution < 1.29 is 24.1 Å². The lowest BCUT2D eigenvalue weighted by Gasteiger charge is -2.15. The summed E-state index contributed by atoms with van der Waals surface area (Å²) in [5.41, 5.74) is 0.268. The maximum Gasteiger partial charge on any atom is 0.338 e. The number of phenols is 1. The Hall–Kier alpha value is -1.91. The summed E-state index contributed by atoms with van der Waals surface area (Å²) in [6, 6.07) is 3.02. The highest BCUT2D eigenvalue weighted by Crippen LogP contribution is 2.38. The van der Waals surface area contributed by atoms with E-state index in [-0.39, 0.29) is 11.3 Å². The van der Waals surface area contributed by atoms with Crippen LogP contribution < -0.4 is 9.47 Å². The quantitative estimate of drug-likeness (QED) is 0.103. The largest absolute Gasteiger partial charge is 0.504 e. The second kappa shape index (κ2) is 23.2. The number of esters is 1. The maximum absolute atomic E-state index is 12.0. The summed E-state index contributed by atoms with van der Waals surface area (Å²) < 4.78 is 16.7. The molecule has 0 aliphatic heterocycles. The van der Waals surface area contributed by atoms with E-state index in [0.717, 1.165) is 25.7 Å². The summed E-state index contributed by atoms with van der Waals surface area (Å²) in [5, 5.41) is 10.5. The number of carbonyl (C=O) groups is 1. The molecular weight excluding hydrogens is 464 g/mol. The van der Waals surface area contributed by atoms with Crippen LogP contribution in [0.3, 0.4) is 0 Å². The Kier molecular flexibility index (Phi) is 20.8. The van der Waals surface area contributed by atoms with E-state index in [4.69, 9.17) is 14.2 Å². The molecule has 0 spiro atoms. The molecular formula is C32H56O5. The maximum atomic E-state index is 12.0. The third-order valence-electron chi connectivity index (χ3n) is 6.96. The van der Waals surface area contributed by atoms with Gasteiger partial charge in [-0.05, 0) is 25.0 Å². The molecule has 0 radical (unpaired) electrons. The fourth-order valence-electron chi connectivity index (χ4n) is 4.61. The van der Waals surface area contributed by atoms with Gasteiger partial charge in [0.1, 0.15) is 0 Å². The van der Waals surface area contributed by atoms with Gasteiger partial charge in [0.15, 0.2) is 11.5 Å². The molecule has 1 aromatic rings. The summed E-state index contributed by atoms with van der Waals surface area (Å²) in [6.45, 7) is 5.57. The summed E-state index contributed by atoms with van der Waals surface area (Å²) in [7, 11) is 1.33. The van der Waals surface area contributed by atoms with Crippen LogP contribution in [0.15, 0.2) is 12.1 Å². The molecule has 0 aromatic heterocycles. The Bertz CT molecular complexity index is 688. The Morgan fingerprint density at radius 2 is 1.03 bits per heavy atom. The lowest BCUT2D eigenvalue weighted by molar-refractivity contribution is 0.0599. The molecule has 0 heterocycles. The van der Waals surface area contributed by atoms with Crippen molar-refractivity contribution in [3.63, 3.8) is 0 Å². The molecule has 0 unspecified atom stereocenters. The molecule has 0 fully saturated rings. The molecule has 5 nitrogen and oxygen atoms in total. The first-order chi connectivity index (χ1) is 18.1. The number of rotatable bonds is 25. The van der Waals surface area contributed by atoms with Crippen molar-refractivity contribution in [2.24, 2.45) is 0 Å². The van der Waals surface area contributed by atoms with Crippen molar-refractivity contribution in [3.8, 4) is 17.2 Å². The normalized spacial score (nSPS) is 11.0. The number of methoxy groups -OCH3 is 1. The highest BCUT2D eigenvalue weighted by atomic mass is 16.5. The van der Waals surface area contributed by atoms with Crippen LogP contribution in [0, 0.1) is 0 Å². The minimum Gasteiger partial charge on any atom is -0.504 e. The van der Waals surface area contributed by atoms with Gasteiger partial charge in [0, 0.05) is 0 Å². The van der Waals surface area contributed by atoms with E-state index >= 15 is 0 Å². The Morgan fingerprint density at radius 1 is 0.622 bits per heavy atom. The van der Waals surface area contributed by atoms with Crippen LogP contribution in [-0.4, -0.2) is 31.4 Å². The fraction of sp³-hybridized carbons (Fsp3) is 0.781. The predicted octanol–water partition coefficient (Wildman–Crippen LogP) is 9.78. The molecule has 0 aliphatic rings. The molecule has 0 saturated carbocycles. The van der Waals surface area contributed by atoms with E-state index in [1.807, 2.05) is 0 Å². The fourth-order valence-corrected chi connectivity index (χ4v) is 4.61. The third-order valence-corrected chi connectivity index (χ3v) is 6.96. The lowest BCUT2D eigenvalue weighted by atomic mass is 10.1. The van der Waals surface area contributed by atoms with Gasteiger partial charge in [0.25, 0.3) is 0 Å². The van der Waals surface area contributed by atoms with Crippen LogP contribution in [0.2, 0.25) is 0 Å². The van der Waals surface area contributed by atoms with E-state index in [0.29, 0.717) is 24.7 Å². The van der Waals surface area contributed by atoms with Crippen LogP contribution >= 0.6 is 0 Å². The summed E-state index contributed by atoms with van der Waals surface area (Å²) in [4.78, 5) is 12.0. The van der Waals surface area contributed by atoms with E-state index in [2.05, 4.69) is 13.8 Å². The molecule has 0 saturated heterocycles. The lowest BCUT2D eigenvalue weighted by Crippen LogP contribution is -2.06. The number of unbranched alkanes of at least 4 members (excludes halogenated alkanes) is 18. The number of phenolic OH excluding ortho intramolecular Hbond substituents is 1. The van der Waals surface area contributed by atoms with Gasteiger partial charge < -0.3 is 19.3 Å². The highest BCUT2D eigenvalue weighted by Gasteiger charge is 2.17. The van der Waals surface area contributed by atoms with Crippen molar-refractivity contribution in [1.82, 2.24) is 0 Å². The van der Waals surface area contributed by atoms with Crippen molar-refractivity contribution in [2.45, 2.75) is 142 Å². The van der Waals surface area contributed by atoms with Crippen LogP contribution in [0.4, 0.5) is 0 Å². The van der Waals surface area contributed by atoms with Crippen molar-refractivity contribution in [2.75, 3.05) is 20.3 Å². The molecule has 0 bridgehead atoms. The molecule has 214 valence electrons. The second-order valence-corrected chi connectivity index (χ2v) is 10.4. The summed E-state index contributed by atoms with van der Waals surface area (Å²) >= 11 is 0. The van der Waals surface area contributed by atoms with Crippen LogP contribution in [-0.2, 0) is 4.74 Å². The number of hydrogen-bond donors (Lipinski definition) is 1. The Labute approximate surface area is 227 Å². The standard InChI is InChI=1S/C32H56O5/c1-4-6-8-10-12-14-16-18-20-22-24-36-30-27-28(32(34)35-3)26-29(33)31(30)37-25-23-21-19-17-15-13-11-9-7-5-2/h26-27,33H,4-25H2,1-3H3. The van der Waals surface area contributed by atoms with Crippen LogP contribution in [0.1, 0.15) is 153 Å². The smallest absolute Gasteiger partial charge is 0.338 e. The van der Waals surface area contributed by atoms with E-state index in [1.54, 1.807) is 6.07 Å². The SMILES string of the molecule is CCCCCCCCCCCCOc1cc(C(=O)OC)cc(O)c1OCCCCCCCCCCCC. The number of ether oxygens (including phenoxy) is 3. The Balaban J connectivity index is 2.36. The molecule has 0 amide bonds. The van der Waals surface area contributed by atoms with E-state index in [9.17, 15) is 9.90 Å². The summed E-state index contributed by atoms with van der Waals surface area (Å²) in [6.07, 6.45) is 25.2. The van der Waals surface area contributed by atoms with Crippen molar-refractivity contribution >= 4 is 5.97 Å². The molecule has 0 aliphatic carbocycles. The molecule has 37 heavy (non-hydrogen) atoms. The molecule has 1 N–H and O–H groups in total. The minimum atomic E-state index is -0.500. The summed E-state index contributed by atoms with van der Waals surface area (Å²) in [5.74, 6) is 0.174. The monoisotopic (exact) mass is 520 g/mol. The first kappa shape index (κ1) is 33.1. The van der Waals surface area contributed by atoms with Gasteiger partial charge in [-0.1, -0.05) is 129 Å². The average Bonchev–Trinajstić information content (AvgIpc) is 2.90. The number of aromatic hydroxyl groups is 1.